The number of amides is 1. The zero-order chi connectivity index (χ0) is 15.6. The normalized spacial score (nSPS) is 19.6. The maximum Gasteiger partial charge on any atom is 0.371 e. The summed E-state index contributed by atoms with van der Waals surface area (Å²) >= 11 is 0. The van der Waals surface area contributed by atoms with Gasteiger partial charge in [-0.1, -0.05) is 0 Å². The SMILES string of the molecule is CS(=O)(=O)N1CCC[C@@H]1CNC(=O)c1ccc(C(=O)O)o1. The zero-order valence-electron chi connectivity index (χ0n) is 11.4. The first kappa shape index (κ1) is 15.5. The van der Waals surface area contributed by atoms with Crippen LogP contribution in [0.25, 0.3) is 0 Å². The first-order chi connectivity index (χ1) is 9.79. The summed E-state index contributed by atoms with van der Waals surface area (Å²) in [5.74, 6) is -2.26. The lowest BCUT2D eigenvalue weighted by atomic mass is 10.2. The van der Waals surface area contributed by atoms with Crippen LogP contribution in [0.3, 0.4) is 0 Å². The Morgan fingerprint density at radius 1 is 1.43 bits per heavy atom. The van der Waals surface area contributed by atoms with E-state index in [2.05, 4.69) is 5.32 Å². The van der Waals surface area contributed by atoms with Crippen molar-refractivity contribution in [2.45, 2.75) is 18.9 Å². The summed E-state index contributed by atoms with van der Waals surface area (Å²) in [6.45, 7) is 0.609. The Morgan fingerprint density at radius 2 is 2.10 bits per heavy atom. The van der Waals surface area contributed by atoms with Gasteiger partial charge < -0.3 is 14.8 Å². The van der Waals surface area contributed by atoms with Crippen molar-refractivity contribution in [3.8, 4) is 0 Å². The molecular weight excluding hydrogens is 300 g/mol. The molecule has 1 aliphatic rings. The minimum absolute atomic E-state index is 0.115. The quantitative estimate of drug-likeness (QED) is 0.797. The average Bonchev–Trinajstić information content (AvgIpc) is 3.04. The smallest absolute Gasteiger partial charge is 0.371 e. The minimum atomic E-state index is -3.29. The number of hydrogen-bond donors (Lipinski definition) is 2. The van der Waals surface area contributed by atoms with Crippen molar-refractivity contribution in [2.24, 2.45) is 0 Å². The molecule has 0 aliphatic carbocycles. The first-order valence-corrected chi connectivity index (χ1v) is 8.22. The molecular formula is C12H16N2O6S. The lowest BCUT2D eigenvalue weighted by molar-refractivity contribution is 0.0659. The maximum atomic E-state index is 11.8. The molecule has 1 saturated heterocycles. The van der Waals surface area contributed by atoms with Gasteiger partial charge in [-0.2, -0.15) is 4.31 Å². The number of carbonyl (C=O) groups is 2. The van der Waals surface area contributed by atoms with Crippen LogP contribution >= 0.6 is 0 Å². The van der Waals surface area contributed by atoms with E-state index in [-0.39, 0.29) is 24.1 Å². The Labute approximate surface area is 121 Å². The van der Waals surface area contributed by atoms with Crippen molar-refractivity contribution in [1.29, 1.82) is 0 Å². The Bertz CT molecular complexity index is 650. The second kappa shape index (κ2) is 5.86. The van der Waals surface area contributed by atoms with E-state index >= 15 is 0 Å². The maximum absolute atomic E-state index is 11.8. The van der Waals surface area contributed by atoms with Gasteiger partial charge in [0.25, 0.3) is 5.91 Å². The van der Waals surface area contributed by atoms with Crippen LogP contribution in [-0.2, 0) is 10.0 Å². The van der Waals surface area contributed by atoms with E-state index in [1.807, 2.05) is 0 Å². The van der Waals surface area contributed by atoms with Gasteiger partial charge in [0.2, 0.25) is 15.8 Å². The summed E-state index contributed by atoms with van der Waals surface area (Å²) in [5.41, 5.74) is 0. The van der Waals surface area contributed by atoms with Crippen LogP contribution in [0.15, 0.2) is 16.5 Å². The molecule has 116 valence electrons. The van der Waals surface area contributed by atoms with Crippen molar-refractivity contribution >= 4 is 21.9 Å². The third kappa shape index (κ3) is 3.61. The highest BCUT2D eigenvalue weighted by Gasteiger charge is 2.31. The van der Waals surface area contributed by atoms with Crippen molar-refractivity contribution in [1.82, 2.24) is 9.62 Å². The van der Waals surface area contributed by atoms with E-state index in [9.17, 15) is 18.0 Å². The highest BCUT2D eigenvalue weighted by molar-refractivity contribution is 7.88. The molecule has 1 aliphatic heterocycles. The lowest BCUT2D eigenvalue weighted by Crippen LogP contribution is -2.42. The summed E-state index contributed by atoms with van der Waals surface area (Å²) in [4.78, 5) is 22.5. The third-order valence-electron chi connectivity index (χ3n) is 3.29. The molecule has 8 nitrogen and oxygen atoms in total. The van der Waals surface area contributed by atoms with E-state index in [0.717, 1.165) is 12.7 Å². The largest absolute Gasteiger partial charge is 0.475 e. The number of hydrogen-bond acceptors (Lipinski definition) is 5. The van der Waals surface area contributed by atoms with E-state index < -0.39 is 21.9 Å². The monoisotopic (exact) mass is 316 g/mol. The fourth-order valence-electron chi connectivity index (χ4n) is 2.32. The van der Waals surface area contributed by atoms with Crippen LogP contribution in [0.5, 0.6) is 0 Å². The molecule has 2 rings (SSSR count). The van der Waals surface area contributed by atoms with Gasteiger partial charge in [0.05, 0.1) is 6.26 Å². The Balaban J connectivity index is 1.96. The number of nitrogens with one attached hydrogen (secondary N) is 1. The second-order valence-corrected chi connectivity index (χ2v) is 6.78. The van der Waals surface area contributed by atoms with Crippen LogP contribution in [0.4, 0.5) is 0 Å². The summed E-state index contributed by atoms with van der Waals surface area (Å²) in [6, 6.07) is 2.18. The summed E-state index contributed by atoms with van der Waals surface area (Å²) in [7, 11) is -3.29. The number of carboxylic acids is 1. The average molecular weight is 316 g/mol. The van der Waals surface area contributed by atoms with Crippen LogP contribution in [-0.4, -0.2) is 55.1 Å². The van der Waals surface area contributed by atoms with Gasteiger partial charge >= 0.3 is 5.97 Å². The molecule has 0 unspecified atom stereocenters. The van der Waals surface area contributed by atoms with Crippen LogP contribution in [0.1, 0.15) is 34.0 Å². The summed E-state index contributed by atoms with van der Waals surface area (Å²) in [6.07, 6.45) is 2.56. The number of carboxylic acid groups (broad SMARTS) is 1. The van der Waals surface area contributed by atoms with Crippen molar-refractivity contribution in [3.05, 3.63) is 23.7 Å². The molecule has 1 fully saturated rings. The molecule has 1 aromatic heterocycles. The van der Waals surface area contributed by atoms with Gasteiger partial charge in [-0.15, -0.1) is 0 Å². The molecule has 0 bridgehead atoms. The molecule has 0 spiro atoms. The fraction of sp³-hybridized carbons (Fsp3) is 0.500. The lowest BCUT2D eigenvalue weighted by Gasteiger charge is -2.22. The van der Waals surface area contributed by atoms with Gasteiger partial charge in [0, 0.05) is 19.1 Å². The van der Waals surface area contributed by atoms with Crippen LogP contribution in [0, 0.1) is 0 Å². The molecule has 1 amide bonds. The summed E-state index contributed by atoms with van der Waals surface area (Å²) in [5, 5.41) is 11.3. The predicted molar refractivity (Wildman–Crippen MR) is 72.6 cm³/mol. The summed E-state index contributed by atoms with van der Waals surface area (Å²) < 4.78 is 29.4. The molecule has 9 heteroatoms. The molecule has 2 heterocycles. The highest BCUT2D eigenvalue weighted by Crippen LogP contribution is 2.19. The second-order valence-electron chi connectivity index (χ2n) is 4.85. The molecule has 21 heavy (non-hydrogen) atoms. The van der Waals surface area contributed by atoms with Crippen molar-refractivity contribution in [3.63, 3.8) is 0 Å². The van der Waals surface area contributed by atoms with Crippen molar-refractivity contribution in [2.75, 3.05) is 19.3 Å². The molecule has 0 radical (unpaired) electrons. The molecule has 1 atom stereocenters. The fourth-order valence-corrected chi connectivity index (χ4v) is 3.50. The molecule has 0 aromatic carbocycles. The number of rotatable bonds is 5. The van der Waals surface area contributed by atoms with Crippen LogP contribution < -0.4 is 5.32 Å². The Kier molecular flexibility index (Phi) is 4.33. The van der Waals surface area contributed by atoms with Crippen molar-refractivity contribution < 1.29 is 27.5 Å². The van der Waals surface area contributed by atoms with Crippen LogP contribution in [0.2, 0.25) is 0 Å². The standard InChI is InChI=1S/C12H16N2O6S/c1-21(18,19)14-6-2-3-8(14)7-13-11(15)9-4-5-10(20-9)12(16)17/h4-5,8H,2-3,6-7H2,1H3,(H,13,15)(H,16,17)/t8-/m1/s1. The van der Waals surface area contributed by atoms with Gasteiger partial charge in [-0.05, 0) is 25.0 Å². The number of nitrogens with zero attached hydrogens (tertiary/aromatic N) is 1. The topological polar surface area (TPSA) is 117 Å². The molecule has 1 aromatic rings. The Morgan fingerprint density at radius 3 is 2.67 bits per heavy atom. The first-order valence-electron chi connectivity index (χ1n) is 6.37. The number of furan rings is 1. The predicted octanol–water partition coefficient (Wildman–Crippen LogP) is 0.132. The molecule has 2 N–H and O–H groups in total. The Hall–Kier alpha value is -1.87. The zero-order valence-corrected chi connectivity index (χ0v) is 12.2. The number of carbonyl (C=O) groups excluding carboxylic acids is 1. The molecule has 0 saturated carbocycles. The van der Waals surface area contributed by atoms with Gasteiger partial charge in [-0.3, -0.25) is 4.79 Å². The van der Waals surface area contributed by atoms with Gasteiger partial charge in [0.1, 0.15) is 0 Å². The van der Waals surface area contributed by atoms with E-state index in [0.29, 0.717) is 13.0 Å². The third-order valence-corrected chi connectivity index (χ3v) is 4.62. The van der Waals surface area contributed by atoms with Gasteiger partial charge in [0.15, 0.2) is 5.76 Å². The minimum Gasteiger partial charge on any atom is -0.475 e. The van der Waals surface area contributed by atoms with E-state index in [1.54, 1.807) is 0 Å². The highest BCUT2D eigenvalue weighted by atomic mass is 32.2. The number of aromatic carboxylic acids is 1. The number of sulfonamides is 1. The van der Waals surface area contributed by atoms with Gasteiger partial charge in [-0.25, -0.2) is 13.2 Å². The van der Waals surface area contributed by atoms with E-state index in [4.69, 9.17) is 9.52 Å². The van der Waals surface area contributed by atoms with E-state index in [1.165, 1.54) is 16.4 Å².